The third-order valence-corrected chi connectivity index (χ3v) is 3.13. The van der Waals surface area contributed by atoms with E-state index in [9.17, 15) is 14.7 Å². The lowest BCUT2D eigenvalue weighted by Crippen LogP contribution is -2.04. The van der Waals surface area contributed by atoms with Crippen LogP contribution in [0.2, 0.25) is 0 Å². The van der Waals surface area contributed by atoms with Crippen LogP contribution < -0.4 is 10.7 Å². The molecule has 3 rings (SSSR count). The van der Waals surface area contributed by atoms with Gasteiger partial charge in [0.25, 0.3) is 0 Å². The summed E-state index contributed by atoms with van der Waals surface area (Å²) < 4.78 is 5.01. The molecule has 23 heavy (non-hydrogen) atoms. The molecule has 0 radical (unpaired) electrons. The number of para-hydroxylation sites is 1. The number of hydrogen-bond acceptors (Lipinski definition) is 6. The number of carboxylic acids is 1. The molecule has 7 heteroatoms. The van der Waals surface area contributed by atoms with Gasteiger partial charge in [-0.2, -0.15) is 0 Å². The van der Waals surface area contributed by atoms with Gasteiger partial charge in [-0.15, -0.1) is 10.2 Å². The molecule has 1 heterocycles. The highest BCUT2D eigenvalue weighted by molar-refractivity contribution is 5.93. The van der Waals surface area contributed by atoms with Crippen LogP contribution in [-0.4, -0.2) is 11.1 Å². The van der Waals surface area contributed by atoms with Gasteiger partial charge >= 0.3 is 11.6 Å². The molecule has 2 aromatic carbocycles. The third-order valence-electron chi connectivity index (χ3n) is 3.13. The summed E-state index contributed by atoms with van der Waals surface area (Å²) in [5, 5.41) is 28.9. The predicted molar refractivity (Wildman–Crippen MR) is 79.5 cm³/mol. The highest BCUT2D eigenvalue weighted by atomic mass is 16.4. The Morgan fingerprint density at radius 3 is 2.52 bits per heavy atom. The molecule has 0 saturated carbocycles. The van der Waals surface area contributed by atoms with E-state index in [0.717, 1.165) is 0 Å². The molecule has 0 unspecified atom stereocenters. The van der Waals surface area contributed by atoms with Crippen molar-refractivity contribution in [3.8, 4) is 5.75 Å². The number of nitrogens with zero attached hydrogens (tertiary/aromatic N) is 2. The topological polar surface area (TPSA) is 115 Å². The van der Waals surface area contributed by atoms with Crippen molar-refractivity contribution in [3.05, 3.63) is 64.5 Å². The van der Waals surface area contributed by atoms with Crippen molar-refractivity contribution < 1.29 is 19.4 Å². The van der Waals surface area contributed by atoms with Crippen LogP contribution in [0.1, 0.15) is 10.4 Å². The molecule has 114 valence electrons. The number of rotatable bonds is 3. The fourth-order valence-corrected chi connectivity index (χ4v) is 2.04. The Hall–Kier alpha value is -3.48. The Morgan fingerprint density at radius 2 is 1.74 bits per heavy atom. The largest absolute Gasteiger partial charge is 0.870 e. The van der Waals surface area contributed by atoms with Crippen LogP contribution in [0.3, 0.4) is 0 Å². The minimum Gasteiger partial charge on any atom is -0.870 e. The van der Waals surface area contributed by atoms with Crippen molar-refractivity contribution in [1.82, 2.24) is 0 Å². The standard InChI is InChI=1S/C16H10N2O5/c19-14-10-6-2-4-8-12(10)23-16(22)13(14)18-17-11-7-3-1-5-9(11)15(20)21/h1-8,19H,(H,20,21)/p-1. The molecule has 0 atom stereocenters. The van der Waals surface area contributed by atoms with Crippen LogP contribution in [0, 0.1) is 0 Å². The number of aromatic carboxylic acids is 1. The fraction of sp³-hybridized carbons (Fsp3) is 0. The van der Waals surface area contributed by atoms with Crippen LogP contribution >= 0.6 is 0 Å². The number of azo groups is 1. The van der Waals surface area contributed by atoms with E-state index in [0.29, 0.717) is 0 Å². The number of carboxylic acid groups (broad SMARTS) is 1. The Bertz CT molecular complexity index is 991. The maximum Gasteiger partial charge on any atom is 0.363 e. The average molecular weight is 309 g/mol. The van der Waals surface area contributed by atoms with E-state index in [2.05, 4.69) is 10.2 Å². The van der Waals surface area contributed by atoms with Crippen molar-refractivity contribution in [2.45, 2.75) is 0 Å². The van der Waals surface area contributed by atoms with E-state index in [4.69, 9.17) is 9.52 Å². The summed E-state index contributed by atoms with van der Waals surface area (Å²) in [6.45, 7) is 0. The Kier molecular flexibility index (Phi) is 3.60. The zero-order valence-corrected chi connectivity index (χ0v) is 11.6. The summed E-state index contributed by atoms with van der Waals surface area (Å²) in [6, 6.07) is 12.1. The van der Waals surface area contributed by atoms with E-state index >= 15 is 0 Å². The Morgan fingerprint density at radius 1 is 1.04 bits per heavy atom. The quantitative estimate of drug-likeness (QED) is 0.589. The number of fused-ring (bicyclic) bond motifs is 1. The molecule has 0 aliphatic rings. The number of hydrogen-bond donors (Lipinski definition) is 1. The molecule has 0 aliphatic carbocycles. The smallest absolute Gasteiger partial charge is 0.363 e. The van der Waals surface area contributed by atoms with Gasteiger partial charge < -0.3 is 14.6 Å². The second kappa shape index (κ2) is 5.72. The fourth-order valence-electron chi connectivity index (χ4n) is 2.04. The summed E-state index contributed by atoms with van der Waals surface area (Å²) in [5.74, 6) is -1.80. The first kappa shape index (κ1) is 14.5. The van der Waals surface area contributed by atoms with Gasteiger partial charge in [-0.25, -0.2) is 9.59 Å². The molecule has 7 nitrogen and oxygen atoms in total. The summed E-state index contributed by atoms with van der Waals surface area (Å²) >= 11 is 0. The normalized spacial score (nSPS) is 11.1. The molecule has 0 aliphatic heterocycles. The number of carbonyl (C=O) groups is 1. The van der Waals surface area contributed by atoms with E-state index in [1.807, 2.05) is 0 Å². The molecule has 0 saturated heterocycles. The van der Waals surface area contributed by atoms with Crippen LogP contribution in [0.4, 0.5) is 11.4 Å². The first-order chi connectivity index (χ1) is 11.1. The van der Waals surface area contributed by atoms with E-state index in [-0.39, 0.29) is 22.2 Å². The Balaban J connectivity index is 2.12. The van der Waals surface area contributed by atoms with Crippen LogP contribution in [0.15, 0.2) is 68.0 Å². The first-order valence-electron chi connectivity index (χ1n) is 6.55. The molecule has 0 fully saturated rings. The summed E-state index contributed by atoms with van der Waals surface area (Å²) in [4.78, 5) is 23.0. The minimum atomic E-state index is -1.19. The van der Waals surface area contributed by atoms with Crippen molar-refractivity contribution in [2.75, 3.05) is 0 Å². The molecular formula is C16H9N2O5-. The van der Waals surface area contributed by atoms with E-state index < -0.39 is 23.0 Å². The second-order valence-electron chi connectivity index (χ2n) is 4.59. The third kappa shape index (κ3) is 2.67. The number of benzene rings is 2. The lowest BCUT2D eigenvalue weighted by atomic mass is 10.2. The van der Waals surface area contributed by atoms with Crippen molar-refractivity contribution >= 4 is 28.3 Å². The lowest BCUT2D eigenvalue weighted by molar-refractivity contribution is -0.265. The highest BCUT2D eigenvalue weighted by Gasteiger charge is 2.10. The maximum atomic E-state index is 12.3. The molecule has 0 amide bonds. The van der Waals surface area contributed by atoms with Crippen molar-refractivity contribution in [3.63, 3.8) is 0 Å². The molecule has 1 N–H and O–H groups in total. The minimum absolute atomic E-state index is 0.0342. The molecule has 0 bridgehead atoms. The highest BCUT2D eigenvalue weighted by Crippen LogP contribution is 2.30. The van der Waals surface area contributed by atoms with Crippen molar-refractivity contribution in [2.24, 2.45) is 10.2 Å². The summed E-state index contributed by atoms with van der Waals surface area (Å²) in [6.07, 6.45) is 0. The van der Waals surface area contributed by atoms with Crippen LogP contribution in [0.5, 0.6) is 5.75 Å². The van der Waals surface area contributed by atoms with E-state index in [1.165, 1.54) is 30.3 Å². The molecule has 3 aromatic rings. The second-order valence-corrected chi connectivity index (χ2v) is 4.59. The summed E-state index contributed by atoms with van der Waals surface area (Å²) in [5.41, 5.74) is -1.32. The molecule has 1 aromatic heterocycles. The van der Waals surface area contributed by atoms with Gasteiger partial charge in [0.1, 0.15) is 11.3 Å². The molecular weight excluding hydrogens is 300 g/mol. The van der Waals surface area contributed by atoms with Gasteiger partial charge in [0.05, 0.1) is 5.56 Å². The predicted octanol–water partition coefficient (Wildman–Crippen LogP) is 2.98. The van der Waals surface area contributed by atoms with Crippen molar-refractivity contribution in [1.29, 1.82) is 0 Å². The SMILES string of the molecule is O=C(O)c1ccccc1N=Nc1c([O-])c2ccccc2oc1=O. The zero-order valence-electron chi connectivity index (χ0n) is 11.6. The maximum absolute atomic E-state index is 12.3. The van der Waals surface area contributed by atoms with Gasteiger partial charge in [0.15, 0.2) is 5.69 Å². The Labute approximate surface area is 129 Å². The van der Waals surface area contributed by atoms with Crippen LogP contribution in [-0.2, 0) is 0 Å². The van der Waals surface area contributed by atoms with Crippen LogP contribution in [0.25, 0.3) is 11.0 Å². The van der Waals surface area contributed by atoms with Gasteiger partial charge in [-0.1, -0.05) is 36.1 Å². The average Bonchev–Trinajstić information content (AvgIpc) is 2.55. The lowest BCUT2D eigenvalue weighted by Gasteiger charge is -2.10. The summed E-state index contributed by atoms with van der Waals surface area (Å²) in [7, 11) is 0. The molecule has 0 spiro atoms. The zero-order chi connectivity index (χ0) is 16.4. The van der Waals surface area contributed by atoms with Gasteiger partial charge in [0.2, 0.25) is 0 Å². The first-order valence-corrected chi connectivity index (χ1v) is 6.55. The van der Waals surface area contributed by atoms with Gasteiger partial charge in [-0.3, -0.25) is 0 Å². The van der Waals surface area contributed by atoms with E-state index in [1.54, 1.807) is 18.2 Å². The van der Waals surface area contributed by atoms with Gasteiger partial charge in [-0.05, 0) is 18.2 Å². The van der Waals surface area contributed by atoms with Gasteiger partial charge in [0, 0.05) is 5.39 Å². The monoisotopic (exact) mass is 309 g/mol.